The minimum absolute atomic E-state index is 0.278. The average Bonchev–Trinajstić information content (AvgIpc) is 2.54. The van der Waals surface area contributed by atoms with Gasteiger partial charge in [0.15, 0.2) is 0 Å². The van der Waals surface area contributed by atoms with Gasteiger partial charge in [0.25, 0.3) is 5.97 Å². The van der Waals surface area contributed by atoms with E-state index in [1.54, 1.807) is 0 Å². The summed E-state index contributed by atoms with van der Waals surface area (Å²) in [6, 6.07) is 0. The fourth-order valence-corrected chi connectivity index (χ4v) is 3.27. The van der Waals surface area contributed by atoms with Crippen molar-refractivity contribution in [3.05, 3.63) is 0 Å². The van der Waals surface area contributed by atoms with Crippen molar-refractivity contribution >= 4 is 12.6 Å². The zero-order valence-corrected chi connectivity index (χ0v) is 16.8. The van der Waals surface area contributed by atoms with Gasteiger partial charge < -0.3 is 14.2 Å². The van der Waals surface area contributed by atoms with Gasteiger partial charge in [-0.05, 0) is 45.8 Å². The van der Waals surface area contributed by atoms with Crippen molar-refractivity contribution in [3.8, 4) is 0 Å². The third kappa shape index (κ3) is 9.96. The third-order valence-electron chi connectivity index (χ3n) is 4.15. The van der Waals surface area contributed by atoms with Gasteiger partial charge in [0, 0.05) is 25.7 Å². The predicted octanol–water partition coefficient (Wildman–Crippen LogP) is 5.83. The first-order valence-electron chi connectivity index (χ1n) is 9.73. The van der Waals surface area contributed by atoms with Gasteiger partial charge in [-0.2, -0.15) is 12.6 Å². The first-order valence-corrected chi connectivity index (χ1v) is 10.4. The molecule has 0 aliphatic carbocycles. The van der Waals surface area contributed by atoms with Crippen LogP contribution in [0.15, 0.2) is 0 Å². The Morgan fingerprint density at radius 1 is 0.696 bits per heavy atom. The molecule has 140 valence electrons. The van der Waals surface area contributed by atoms with E-state index < -0.39 is 5.97 Å². The zero-order chi connectivity index (χ0) is 17.4. The zero-order valence-electron chi connectivity index (χ0n) is 15.9. The van der Waals surface area contributed by atoms with Gasteiger partial charge in [0.2, 0.25) is 0 Å². The quantitative estimate of drug-likeness (QED) is 0.204. The van der Waals surface area contributed by atoms with Crippen LogP contribution in [0.1, 0.15) is 85.5 Å². The Morgan fingerprint density at radius 2 is 1.17 bits per heavy atom. The van der Waals surface area contributed by atoms with E-state index in [4.69, 9.17) is 14.2 Å². The average molecular weight is 349 g/mol. The van der Waals surface area contributed by atoms with Crippen LogP contribution in [0.3, 0.4) is 0 Å². The molecule has 1 atom stereocenters. The molecular formula is C19H40O3S. The molecule has 0 aliphatic heterocycles. The lowest BCUT2D eigenvalue weighted by Crippen LogP contribution is -2.46. The first-order chi connectivity index (χ1) is 11.2. The van der Waals surface area contributed by atoms with E-state index in [2.05, 4.69) is 19.6 Å². The lowest BCUT2D eigenvalue weighted by atomic mass is 9.93. The molecule has 0 rings (SSSR count). The van der Waals surface area contributed by atoms with Crippen LogP contribution in [-0.4, -0.2) is 31.5 Å². The Balaban J connectivity index is 4.68. The normalized spacial score (nSPS) is 13.4. The van der Waals surface area contributed by atoms with Crippen molar-refractivity contribution in [1.29, 1.82) is 0 Å². The summed E-state index contributed by atoms with van der Waals surface area (Å²) in [5, 5.41) is 0. The van der Waals surface area contributed by atoms with E-state index in [1.165, 1.54) is 38.5 Å². The molecule has 0 N–H and O–H groups in total. The number of hydrogen-bond donors (Lipinski definition) is 1. The summed E-state index contributed by atoms with van der Waals surface area (Å²) in [5.74, 6) is 0.304. The smallest absolute Gasteiger partial charge is 0.285 e. The van der Waals surface area contributed by atoms with E-state index in [1.807, 2.05) is 20.8 Å². The van der Waals surface area contributed by atoms with Crippen molar-refractivity contribution in [3.63, 3.8) is 0 Å². The van der Waals surface area contributed by atoms with Crippen molar-refractivity contribution < 1.29 is 14.2 Å². The van der Waals surface area contributed by atoms with E-state index in [9.17, 15) is 0 Å². The summed E-state index contributed by atoms with van der Waals surface area (Å²) >= 11 is 4.37. The van der Waals surface area contributed by atoms with Gasteiger partial charge in [-0.15, -0.1) is 0 Å². The van der Waals surface area contributed by atoms with E-state index in [0.717, 1.165) is 25.0 Å². The number of rotatable bonds is 17. The van der Waals surface area contributed by atoms with Gasteiger partial charge in [-0.1, -0.05) is 45.4 Å². The minimum Gasteiger partial charge on any atom is -0.328 e. The first kappa shape index (κ1) is 23.2. The molecular weight excluding hydrogens is 308 g/mol. The van der Waals surface area contributed by atoms with Crippen LogP contribution >= 0.6 is 12.6 Å². The van der Waals surface area contributed by atoms with Gasteiger partial charge in [0.1, 0.15) is 0 Å². The Morgan fingerprint density at radius 3 is 1.65 bits per heavy atom. The minimum atomic E-state index is -0.870. The fourth-order valence-electron chi connectivity index (χ4n) is 3.09. The topological polar surface area (TPSA) is 27.7 Å². The highest BCUT2D eigenvalue weighted by atomic mass is 32.1. The van der Waals surface area contributed by atoms with Gasteiger partial charge in [-0.25, -0.2) is 0 Å². The second kappa shape index (κ2) is 15.7. The Labute approximate surface area is 150 Å². The maximum Gasteiger partial charge on any atom is 0.285 e. The molecule has 0 saturated heterocycles. The molecule has 23 heavy (non-hydrogen) atoms. The lowest BCUT2D eigenvalue weighted by molar-refractivity contribution is -0.403. The van der Waals surface area contributed by atoms with Gasteiger partial charge >= 0.3 is 0 Å². The summed E-state index contributed by atoms with van der Waals surface area (Å²) in [7, 11) is 0. The molecule has 0 fully saturated rings. The monoisotopic (exact) mass is 348 g/mol. The number of unbranched alkanes of at least 4 members (excludes halogenated alkanes) is 5. The maximum absolute atomic E-state index is 6.00. The summed E-state index contributed by atoms with van der Waals surface area (Å²) < 4.78 is 18.0. The highest BCUT2D eigenvalue weighted by Gasteiger charge is 2.41. The number of thiol groups is 1. The lowest BCUT2D eigenvalue weighted by Gasteiger charge is -2.39. The van der Waals surface area contributed by atoms with Crippen LogP contribution in [0.2, 0.25) is 0 Å². The van der Waals surface area contributed by atoms with Crippen LogP contribution in [0, 0.1) is 5.92 Å². The van der Waals surface area contributed by atoms with Crippen LogP contribution in [0.4, 0.5) is 0 Å². The van der Waals surface area contributed by atoms with Crippen LogP contribution in [-0.2, 0) is 14.2 Å². The van der Waals surface area contributed by atoms with E-state index in [0.29, 0.717) is 19.8 Å². The SMILES string of the molecule is CCCCCCCC[C@H](CCCS)C(OCC)(OCC)OCC. The molecule has 0 bridgehead atoms. The van der Waals surface area contributed by atoms with Gasteiger partial charge in [-0.3, -0.25) is 0 Å². The summed E-state index contributed by atoms with van der Waals surface area (Å²) in [5.41, 5.74) is 0. The van der Waals surface area contributed by atoms with E-state index in [-0.39, 0.29) is 5.92 Å². The molecule has 0 heterocycles. The molecule has 0 aliphatic rings. The molecule has 0 aromatic heterocycles. The Hall–Kier alpha value is 0.230. The third-order valence-corrected chi connectivity index (χ3v) is 4.47. The Bertz CT molecular complexity index is 232. The standard InChI is InChI=1S/C19H40O3S/c1-5-9-10-11-12-13-15-18(16-14-17-23)19(20-6-2,21-7-3)22-8-4/h18,23H,5-17H2,1-4H3/t18-/m1/s1. The second-order valence-electron chi connectivity index (χ2n) is 6.02. The number of hydrogen-bond acceptors (Lipinski definition) is 4. The molecule has 0 spiro atoms. The number of ether oxygens (including phenoxy) is 3. The summed E-state index contributed by atoms with van der Waals surface area (Å²) in [6.45, 7) is 10.1. The largest absolute Gasteiger partial charge is 0.328 e. The van der Waals surface area contributed by atoms with Crippen LogP contribution in [0.5, 0.6) is 0 Å². The maximum atomic E-state index is 6.00. The highest BCUT2D eigenvalue weighted by Crippen LogP contribution is 2.34. The molecule has 0 unspecified atom stereocenters. The molecule has 3 nitrogen and oxygen atoms in total. The molecule has 0 aromatic carbocycles. The second-order valence-corrected chi connectivity index (χ2v) is 6.47. The van der Waals surface area contributed by atoms with E-state index >= 15 is 0 Å². The van der Waals surface area contributed by atoms with Gasteiger partial charge in [0.05, 0.1) is 0 Å². The van der Waals surface area contributed by atoms with Crippen LogP contribution in [0.25, 0.3) is 0 Å². The highest BCUT2D eigenvalue weighted by molar-refractivity contribution is 7.80. The molecule has 4 heteroatoms. The van der Waals surface area contributed by atoms with Crippen LogP contribution < -0.4 is 0 Å². The van der Waals surface area contributed by atoms with Crippen molar-refractivity contribution in [2.45, 2.75) is 91.5 Å². The van der Waals surface area contributed by atoms with Crippen molar-refractivity contribution in [2.75, 3.05) is 25.6 Å². The molecule has 0 aromatic rings. The van der Waals surface area contributed by atoms with Crippen molar-refractivity contribution in [2.24, 2.45) is 5.92 Å². The fraction of sp³-hybridized carbons (Fsp3) is 1.00. The predicted molar refractivity (Wildman–Crippen MR) is 102 cm³/mol. The molecule has 0 amide bonds. The van der Waals surface area contributed by atoms with Crippen molar-refractivity contribution in [1.82, 2.24) is 0 Å². The summed E-state index contributed by atoms with van der Waals surface area (Å²) in [4.78, 5) is 0. The molecule has 0 saturated carbocycles. The Kier molecular flexibility index (Phi) is 15.9. The summed E-state index contributed by atoms with van der Waals surface area (Å²) in [6.07, 6.45) is 11.0. The molecule has 0 radical (unpaired) electrons.